The van der Waals surface area contributed by atoms with Crippen molar-refractivity contribution in [2.75, 3.05) is 0 Å². The maximum atomic E-state index is 11.1. The van der Waals surface area contributed by atoms with Gasteiger partial charge in [0.05, 0.1) is 12.3 Å². The first-order chi connectivity index (χ1) is 5.72. The van der Waals surface area contributed by atoms with Crippen molar-refractivity contribution in [3.8, 4) is 0 Å². The minimum atomic E-state index is -0.450. The highest BCUT2D eigenvalue weighted by Gasteiger charge is 2.20. The van der Waals surface area contributed by atoms with E-state index in [0.29, 0.717) is 0 Å². The Balaban J connectivity index is 3.96. The van der Waals surface area contributed by atoms with Crippen LogP contribution in [0.15, 0.2) is 0 Å². The Morgan fingerprint density at radius 3 is 2.00 bits per heavy atom. The third-order valence-corrected chi connectivity index (χ3v) is 1.36. The van der Waals surface area contributed by atoms with E-state index >= 15 is 0 Å². The van der Waals surface area contributed by atoms with Crippen molar-refractivity contribution in [1.29, 1.82) is 0 Å². The van der Waals surface area contributed by atoms with E-state index < -0.39 is 11.9 Å². The molecular weight excluding hydrogens is 168 g/mol. The number of hydrogen-bond acceptors (Lipinski definition) is 3. The van der Waals surface area contributed by atoms with Crippen molar-refractivity contribution in [1.82, 2.24) is 0 Å². The summed E-state index contributed by atoms with van der Waals surface area (Å²) < 4.78 is 4.61. The molecule has 3 heteroatoms. The van der Waals surface area contributed by atoms with Gasteiger partial charge in [0.15, 0.2) is 0 Å². The molecule has 0 spiro atoms. The SMILES string of the molecule is CC(C)C(=O)OC(=O)CC(C)(C)C. The lowest BCUT2D eigenvalue weighted by Crippen LogP contribution is -2.21. The Kier molecular flexibility index (Phi) is 4.11. The van der Waals surface area contributed by atoms with Gasteiger partial charge in [-0.1, -0.05) is 34.6 Å². The van der Waals surface area contributed by atoms with E-state index in [-0.39, 0.29) is 17.8 Å². The zero-order chi connectivity index (χ0) is 10.6. The zero-order valence-electron chi connectivity index (χ0n) is 9.01. The first kappa shape index (κ1) is 12.1. The number of carbonyl (C=O) groups is 2. The quantitative estimate of drug-likeness (QED) is 0.490. The van der Waals surface area contributed by atoms with Gasteiger partial charge in [0.25, 0.3) is 0 Å². The molecule has 3 nitrogen and oxygen atoms in total. The van der Waals surface area contributed by atoms with Gasteiger partial charge in [0, 0.05) is 0 Å². The van der Waals surface area contributed by atoms with Crippen molar-refractivity contribution < 1.29 is 14.3 Å². The summed E-state index contributed by atoms with van der Waals surface area (Å²) in [6.45, 7) is 9.18. The Morgan fingerprint density at radius 1 is 1.23 bits per heavy atom. The highest BCUT2D eigenvalue weighted by Crippen LogP contribution is 2.19. The smallest absolute Gasteiger partial charge is 0.316 e. The number of esters is 2. The minimum absolute atomic E-state index is 0.131. The van der Waals surface area contributed by atoms with Crippen molar-refractivity contribution >= 4 is 11.9 Å². The van der Waals surface area contributed by atoms with Crippen LogP contribution in [-0.4, -0.2) is 11.9 Å². The van der Waals surface area contributed by atoms with Gasteiger partial charge in [-0.2, -0.15) is 0 Å². The minimum Gasteiger partial charge on any atom is -0.393 e. The molecule has 0 aromatic rings. The number of ether oxygens (including phenoxy) is 1. The van der Waals surface area contributed by atoms with Gasteiger partial charge in [-0.25, -0.2) is 0 Å². The van der Waals surface area contributed by atoms with Crippen LogP contribution < -0.4 is 0 Å². The molecular formula is C10H18O3. The normalized spacial score (nSPS) is 11.5. The lowest BCUT2D eigenvalue weighted by Gasteiger charge is -2.16. The van der Waals surface area contributed by atoms with E-state index in [1.807, 2.05) is 20.8 Å². The van der Waals surface area contributed by atoms with Crippen LogP contribution in [0.3, 0.4) is 0 Å². The fraction of sp³-hybridized carbons (Fsp3) is 0.800. The highest BCUT2D eigenvalue weighted by molar-refractivity contribution is 5.86. The summed E-state index contributed by atoms with van der Waals surface area (Å²) in [7, 11) is 0. The standard InChI is InChI=1S/C10H18O3/c1-7(2)9(12)13-8(11)6-10(3,4)5/h7H,6H2,1-5H3. The van der Waals surface area contributed by atoms with Gasteiger partial charge in [-0.05, 0) is 5.41 Å². The van der Waals surface area contributed by atoms with Gasteiger partial charge in [-0.15, -0.1) is 0 Å². The molecule has 0 aromatic heterocycles. The van der Waals surface area contributed by atoms with Gasteiger partial charge in [0.2, 0.25) is 0 Å². The third-order valence-electron chi connectivity index (χ3n) is 1.36. The number of hydrogen-bond donors (Lipinski definition) is 0. The Labute approximate surface area is 79.5 Å². The summed E-state index contributed by atoms with van der Waals surface area (Å²) in [6.07, 6.45) is 0.269. The molecule has 76 valence electrons. The second kappa shape index (κ2) is 4.40. The summed E-state index contributed by atoms with van der Waals surface area (Å²) in [6, 6.07) is 0. The van der Waals surface area contributed by atoms with Crippen molar-refractivity contribution in [2.45, 2.75) is 41.0 Å². The topological polar surface area (TPSA) is 43.4 Å². The molecule has 0 aliphatic heterocycles. The van der Waals surface area contributed by atoms with Crippen LogP contribution in [0.1, 0.15) is 41.0 Å². The largest absolute Gasteiger partial charge is 0.393 e. The molecule has 0 unspecified atom stereocenters. The van der Waals surface area contributed by atoms with Crippen LogP contribution in [0, 0.1) is 11.3 Å². The summed E-state index contributed by atoms with van der Waals surface area (Å²) in [5, 5.41) is 0. The molecule has 0 aliphatic rings. The molecule has 0 heterocycles. The Bertz CT molecular complexity index is 199. The van der Waals surface area contributed by atoms with E-state index in [2.05, 4.69) is 4.74 Å². The molecule has 0 bridgehead atoms. The average molecular weight is 186 g/mol. The molecule has 0 radical (unpaired) electrons. The van der Waals surface area contributed by atoms with Gasteiger partial charge < -0.3 is 4.74 Å². The monoisotopic (exact) mass is 186 g/mol. The van der Waals surface area contributed by atoms with Crippen molar-refractivity contribution in [3.05, 3.63) is 0 Å². The average Bonchev–Trinajstić information content (AvgIpc) is 1.81. The Morgan fingerprint density at radius 2 is 1.69 bits per heavy atom. The summed E-state index contributed by atoms with van der Waals surface area (Å²) in [4.78, 5) is 22.1. The lowest BCUT2D eigenvalue weighted by molar-refractivity contribution is -0.163. The fourth-order valence-corrected chi connectivity index (χ4v) is 0.699. The van der Waals surface area contributed by atoms with Gasteiger partial charge in [0.1, 0.15) is 0 Å². The van der Waals surface area contributed by atoms with E-state index in [0.717, 1.165) is 0 Å². The third kappa shape index (κ3) is 6.31. The van der Waals surface area contributed by atoms with Gasteiger partial charge >= 0.3 is 11.9 Å². The summed E-state index contributed by atoms with van der Waals surface area (Å²) in [5.74, 6) is -1.13. The van der Waals surface area contributed by atoms with E-state index in [9.17, 15) is 9.59 Å². The second-order valence-corrected chi connectivity index (χ2v) is 4.69. The summed E-state index contributed by atoms with van der Waals surface area (Å²) in [5.41, 5.74) is -0.131. The molecule has 0 saturated heterocycles. The lowest BCUT2D eigenvalue weighted by atomic mass is 9.92. The predicted molar refractivity (Wildman–Crippen MR) is 50.0 cm³/mol. The first-order valence-electron chi connectivity index (χ1n) is 4.47. The zero-order valence-corrected chi connectivity index (χ0v) is 9.01. The molecule has 0 rings (SSSR count). The van der Waals surface area contributed by atoms with Crippen LogP contribution in [0.25, 0.3) is 0 Å². The molecule has 0 amide bonds. The van der Waals surface area contributed by atoms with Crippen LogP contribution in [0.4, 0.5) is 0 Å². The van der Waals surface area contributed by atoms with Crippen LogP contribution in [-0.2, 0) is 14.3 Å². The molecule has 13 heavy (non-hydrogen) atoms. The maximum Gasteiger partial charge on any atom is 0.316 e. The fourth-order valence-electron chi connectivity index (χ4n) is 0.699. The molecule has 0 fully saturated rings. The molecule has 0 saturated carbocycles. The molecule has 0 aliphatic carbocycles. The van der Waals surface area contributed by atoms with Crippen LogP contribution in [0.5, 0.6) is 0 Å². The first-order valence-corrected chi connectivity index (χ1v) is 4.47. The van der Waals surface area contributed by atoms with Gasteiger partial charge in [-0.3, -0.25) is 9.59 Å². The predicted octanol–water partition coefficient (Wildman–Crippen LogP) is 2.15. The maximum absolute atomic E-state index is 11.1. The number of carbonyl (C=O) groups excluding carboxylic acids is 2. The van der Waals surface area contributed by atoms with E-state index in [1.165, 1.54) is 0 Å². The number of rotatable bonds is 2. The molecule has 0 atom stereocenters. The Hall–Kier alpha value is -0.860. The van der Waals surface area contributed by atoms with E-state index in [1.54, 1.807) is 13.8 Å². The summed E-state index contributed by atoms with van der Waals surface area (Å²) >= 11 is 0. The van der Waals surface area contributed by atoms with E-state index in [4.69, 9.17) is 0 Å². The van der Waals surface area contributed by atoms with Crippen LogP contribution >= 0.6 is 0 Å². The second-order valence-electron chi connectivity index (χ2n) is 4.69. The molecule has 0 N–H and O–H groups in total. The van der Waals surface area contributed by atoms with Crippen molar-refractivity contribution in [2.24, 2.45) is 11.3 Å². The van der Waals surface area contributed by atoms with Crippen molar-refractivity contribution in [3.63, 3.8) is 0 Å². The van der Waals surface area contributed by atoms with Crippen LogP contribution in [0.2, 0.25) is 0 Å². The highest BCUT2D eigenvalue weighted by atomic mass is 16.6. The molecule has 0 aromatic carbocycles.